The van der Waals surface area contributed by atoms with E-state index in [0.29, 0.717) is 5.92 Å². The minimum absolute atomic E-state index is 0.338. The topological polar surface area (TPSA) is 49.4 Å². The van der Waals surface area contributed by atoms with Gasteiger partial charge in [-0.3, -0.25) is 0 Å². The minimum Gasteiger partial charge on any atom is -0.134 e. The van der Waals surface area contributed by atoms with Crippen molar-refractivity contribution in [3.63, 3.8) is 0 Å². The van der Waals surface area contributed by atoms with Crippen LogP contribution in [0.1, 0.15) is 46.5 Å². The monoisotopic (exact) mass is 182 g/mol. The lowest BCUT2D eigenvalue weighted by atomic mass is 9.92. The third-order valence-corrected chi connectivity index (χ3v) is 2.55. The van der Waals surface area contributed by atoms with Crippen molar-refractivity contribution in [2.24, 2.45) is 26.6 Å². The maximum Gasteiger partial charge on any atom is 0.197 e. The Hall–Kier alpha value is -0.800. The van der Waals surface area contributed by atoms with E-state index >= 15 is 0 Å². The molecule has 74 valence electrons. The molecule has 0 radical (unpaired) electrons. The molecule has 4 nitrogen and oxygen atoms in total. The van der Waals surface area contributed by atoms with E-state index in [2.05, 4.69) is 41.4 Å². The van der Waals surface area contributed by atoms with Gasteiger partial charge >= 0.3 is 0 Å². The molecule has 0 aromatic heterocycles. The van der Waals surface area contributed by atoms with Crippen LogP contribution in [0, 0.1) is 5.92 Å². The van der Waals surface area contributed by atoms with Gasteiger partial charge in [-0.15, -0.1) is 10.2 Å². The fourth-order valence-electron chi connectivity index (χ4n) is 1.47. The van der Waals surface area contributed by atoms with Crippen molar-refractivity contribution in [3.8, 4) is 0 Å². The summed E-state index contributed by atoms with van der Waals surface area (Å²) >= 11 is 0. The summed E-state index contributed by atoms with van der Waals surface area (Å²) < 4.78 is 0. The van der Waals surface area contributed by atoms with Gasteiger partial charge < -0.3 is 0 Å². The minimum atomic E-state index is -0.338. The van der Waals surface area contributed by atoms with Crippen molar-refractivity contribution < 1.29 is 0 Å². The van der Waals surface area contributed by atoms with Crippen LogP contribution >= 0.6 is 0 Å². The van der Waals surface area contributed by atoms with Gasteiger partial charge in [0.25, 0.3) is 0 Å². The standard InChI is InChI=1S/C9H18N4/c1-4-5-6-7-9(8(2)3)10-12-13-11-9/h8H,4-7H2,1-3H3. The van der Waals surface area contributed by atoms with Crippen LogP contribution in [0.4, 0.5) is 0 Å². The average Bonchev–Trinajstić information content (AvgIpc) is 2.55. The van der Waals surface area contributed by atoms with E-state index in [1.807, 2.05) is 0 Å². The number of nitrogens with zero attached hydrogens (tertiary/aromatic N) is 4. The second-order valence-corrected chi connectivity index (χ2v) is 3.87. The molecule has 0 aromatic rings. The smallest absolute Gasteiger partial charge is 0.134 e. The van der Waals surface area contributed by atoms with Crippen LogP contribution in [-0.2, 0) is 0 Å². The molecule has 0 saturated heterocycles. The molecule has 0 unspecified atom stereocenters. The van der Waals surface area contributed by atoms with Crippen LogP contribution < -0.4 is 0 Å². The average molecular weight is 182 g/mol. The van der Waals surface area contributed by atoms with Gasteiger partial charge in [0, 0.05) is 5.92 Å². The van der Waals surface area contributed by atoms with E-state index in [9.17, 15) is 0 Å². The van der Waals surface area contributed by atoms with E-state index in [1.165, 1.54) is 12.8 Å². The summed E-state index contributed by atoms with van der Waals surface area (Å²) in [6.07, 6.45) is 4.60. The van der Waals surface area contributed by atoms with E-state index in [4.69, 9.17) is 0 Å². The second-order valence-electron chi connectivity index (χ2n) is 3.87. The van der Waals surface area contributed by atoms with Crippen molar-refractivity contribution in [2.75, 3.05) is 0 Å². The molecule has 0 spiro atoms. The molecule has 0 fully saturated rings. The molecule has 1 rings (SSSR count). The molecular formula is C9H18N4. The first-order valence-electron chi connectivity index (χ1n) is 5.05. The number of rotatable bonds is 5. The summed E-state index contributed by atoms with van der Waals surface area (Å²) in [5, 5.41) is 15.5. The normalized spacial score (nSPS) is 18.8. The third-order valence-electron chi connectivity index (χ3n) is 2.55. The SMILES string of the molecule is CCCCCC1(C(C)C)N=NN=N1. The maximum atomic E-state index is 4.13. The van der Waals surface area contributed by atoms with Gasteiger partial charge in [-0.1, -0.05) is 33.6 Å². The van der Waals surface area contributed by atoms with E-state index in [-0.39, 0.29) is 5.66 Å². The van der Waals surface area contributed by atoms with Crippen LogP contribution in [0.25, 0.3) is 0 Å². The molecule has 0 aromatic carbocycles. The predicted molar refractivity (Wildman–Crippen MR) is 51.4 cm³/mol. The zero-order valence-corrected chi connectivity index (χ0v) is 8.69. The lowest BCUT2D eigenvalue weighted by Gasteiger charge is -2.23. The van der Waals surface area contributed by atoms with E-state index in [1.54, 1.807) is 0 Å². The lowest BCUT2D eigenvalue weighted by Crippen LogP contribution is -2.28. The summed E-state index contributed by atoms with van der Waals surface area (Å²) in [5.41, 5.74) is -0.338. The predicted octanol–water partition coefficient (Wildman–Crippen LogP) is 3.75. The highest BCUT2D eigenvalue weighted by molar-refractivity contribution is 4.87. The molecule has 0 amide bonds. The molecule has 1 heterocycles. The van der Waals surface area contributed by atoms with Gasteiger partial charge in [0.2, 0.25) is 0 Å². The zero-order valence-electron chi connectivity index (χ0n) is 8.69. The Labute approximate surface area is 79.5 Å². The number of hydrogen-bond acceptors (Lipinski definition) is 4. The summed E-state index contributed by atoms with van der Waals surface area (Å²) in [4.78, 5) is 0. The van der Waals surface area contributed by atoms with Gasteiger partial charge in [0.05, 0.1) is 0 Å². The zero-order chi connectivity index (χ0) is 9.73. The molecule has 1 aliphatic rings. The van der Waals surface area contributed by atoms with Crippen LogP contribution in [0.15, 0.2) is 20.7 Å². The Bertz CT molecular complexity index is 196. The first kappa shape index (κ1) is 10.3. The molecule has 0 atom stereocenters. The van der Waals surface area contributed by atoms with Crippen LogP contribution in [-0.4, -0.2) is 5.66 Å². The Morgan fingerprint density at radius 3 is 2.15 bits per heavy atom. The Morgan fingerprint density at radius 2 is 1.69 bits per heavy atom. The highest BCUT2D eigenvalue weighted by atomic mass is 15.6. The van der Waals surface area contributed by atoms with E-state index in [0.717, 1.165) is 12.8 Å². The van der Waals surface area contributed by atoms with Crippen molar-refractivity contribution >= 4 is 0 Å². The summed E-state index contributed by atoms with van der Waals surface area (Å²) in [7, 11) is 0. The Balaban J connectivity index is 2.49. The van der Waals surface area contributed by atoms with Gasteiger partial charge in [-0.05, 0) is 23.3 Å². The Kier molecular flexibility index (Phi) is 3.51. The van der Waals surface area contributed by atoms with E-state index < -0.39 is 0 Å². The van der Waals surface area contributed by atoms with Crippen LogP contribution in [0.3, 0.4) is 0 Å². The molecule has 4 heteroatoms. The summed E-state index contributed by atoms with van der Waals surface area (Å²) in [5.74, 6) is 0.388. The Morgan fingerprint density at radius 1 is 1.08 bits per heavy atom. The molecule has 0 bridgehead atoms. The fourth-order valence-corrected chi connectivity index (χ4v) is 1.47. The second kappa shape index (κ2) is 4.44. The summed E-state index contributed by atoms with van der Waals surface area (Å²) in [6.45, 7) is 6.43. The van der Waals surface area contributed by atoms with Gasteiger partial charge in [0.1, 0.15) is 0 Å². The molecular weight excluding hydrogens is 164 g/mol. The molecule has 0 saturated carbocycles. The highest BCUT2D eigenvalue weighted by Crippen LogP contribution is 2.33. The van der Waals surface area contributed by atoms with Crippen molar-refractivity contribution in [1.29, 1.82) is 0 Å². The number of unbranched alkanes of at least 4 members (excludes halogenated alkanes) is 2. The van der Waals surface area contributed by atoms with Crippen molar-refractivity contribution in [1.82, 2.24) is 0 Å². The van der Waals surface area contributed by atoms with Crippen LogP contribution in [0.5, 0.6) is 0 Å². The molecule has 0 N–H and O–H groups in total. The van der Waals surface area contributed by atoms with Gasteiger partial charge in [-0.2, -0.15) is 0 Å². The fraction of sp³-hybridized carbons (Fsp3) is 1.00. The van der Waals surface area contributed by atoms with Crippen molar-refractivity contribution in [3.05, 3.63) is 0 Å². The van der Waals surface area contributed by atoms with Gasteiger partial charge in [-0.25, -0.2) is 0 Å². The van der Waals surface area contributed by atoms with Gasteiger partial charge in [0.15, 0.2) is 5.66 Å². The number of hydrogen-bond donors (Lipinski definition) is 0. The highest BCUT2D eigenvalue weighted by Gasteiger charge is 2.35. The third kappa shape index (κ3) is 2.32. The molecule has 1 aliphatic heterocycles. The first-order valence-corrected chi connectivity index (χ1v) is 5.05. The summed E-state index contributed by atoms with van der Waals surface area (Å²) in [6, 6.07) is 0. The molecule has 0 aliphatic carbocycles. The molecule has 13 heavy (non-hydrogen) atoms. The van der Waals surface area contributed by atoms with Crippen LogP contribution in [0.2, 0.25) is 0 Å². The maximum absolute atomic E-state index is 4.13. The lowest BCUT2D eigenvalue weighted by molar-refractivity contribution is 0.289. The first-order chi connectivity index (χ1) is 6.21. The quantitative estimate of drug-likeness (QED) is 0.581. The largest absolute Gasteiger partial charge is 0.197 e. The van der Waals surface area contributed by atoms with Crippen molar-refractivity contribution in [2.45, 2.75) is 52.1 Å².